The van der Waals surface area contributed by atoms with Crippen LogP contribution in [0.4, 0.5) is 5.69 Å². The topological polar surface area (TPSA) is 59.3 Å². The van der Waals surface area contributed by atoms with E-state index in [1.54, 1.807) is 24.3 Å². The number of ketones is 1. The van der Waals surface area contributed by atoms with Gasteiger partial charge in [0.15, 0.2) is 5.78 Å². The summed E-state index contributed by atoms with van der Waals surface area (Å²) in [6.45, 7) is 0.122. The van der Waals surface area contributed by atoms with Crippen LogP contribution >= 0.6 is 0 Å². The standard InChI is InChI=1S/C17H13NO3/c19-15(12-6-2-1-3-7-12)11-18-14-10-17(20)21-16-9-5-4-8-13(14)16/h1-10,18H,11H2. The third-order valence-electron chi connectivity index (χ3n) is 3.19. The maximum atomic E-state index is 12.1. The Hall–Kier alpha value is -2.88. The van der Waals surface area contributed by atoms with Crippen molar-refractivity contribution in [2.45, 2.75) is 0 Å². The number of anilines is 1. The smallest absolute Gasteiger partial charge is 0.338 e. The van der Waals surface area contributed by atoms with Crippen molar-refractivity contribution < 1.29 is 9.21 Å². The van der Waals surface area contributed by atoms with Gasteiger partial charge in [0.05, 0.1) is 12.2 Å². The molecule has 3 rings (SSSR count). The molecule has 0 fully saturated rings. The maximum absolute atomic E-state index is 12.1. The molecule has 0 amide bonds. The Morgan fingerprint density at radius 2 is 1.71 bits per heavy atom. The zero-order chi connectivity index (χ0) is 14.7. The second-order valence-corrected chi connectivity index (χ2v) is 4.62. The second kappa shape index (κ2) is 5.63. The molecule has 0 aliphatic heterocycles. The zero-order valence-corrected chi connectivity index (χ0v) is 11.2. The van der Waals surface area contributed by atoms with Crippen molar-refractivity contribution in [3.63, 3.8) is 0 Å². The lowest BCUT2D eigenvalue weighted by Gasteiger charge is -2.08. The molecule has 21 heavy (non-hydrogen) atoms. The summed E-state index contributed by atoms with van der Waals surface area (Å²) >= 11 is 0. The maximum Gasteiger partial charge on any atom is 0.338 e. The van der Waals surface area contributed by atoms with Crippen molar-refractivity contribution >= 4 is 22.4 Å². The fourth-order valence-corrected chi connectivity index (χ4v) is 2.16. The van der Waals surface area contributed by atoms with Crippen molar-refractivity contribution in [2.24, 2.45) is 0 Å². The number of nitrogens with one attached hydrogen (secondary N) is 1. The van der Waals surface area contributed by atoms with Crippen molar-refractivity contribution in [3.05, 3.63) is 76.6 Å². The van der Waals surface area contributed by atoms with Crippen LogP contribution in [0, 0.1) is 0 Å². The van der Waals surface area contributed by atoms with Gasteiger partial charge < -0.3 is 9.73 Å². The van der Waals surface area contributed by atoms with Crippen LogP contribution in [-0.2, 0) is 0 Å². The van der Waals surface area contributed by atoms with Crippen molar-refractivity contribution in [3.8, 4) is 0 Å². The number of benzene rings is 2. The largest absolute Gasteiger partial charge is 0.423 e. The highest BCUT2D eigenvalue weighted by Gasteiger charge is 2.08. The molecule has 1 heterocycles. The zero-order valence-electron chi connectivity index (χ0n) is 11.2. The summed E-state index contributed by atoms with van der Waals surface area (Å²) < 4.78 is 5.11. The molecule has 1 aromatic heterocycles. The first-order chi connectivity index (χ1) is 10.2. The van der Waals surface area contributed by atoms with Crippen LogP contribution in [0.2, 0.25) is 0 Å². The van der Waals surface area contributed by atoms with Gasteiger partial charge in [-0.25, -0.2) is 4.79 Å². The van der Waals surface area contributed by atoms with Gasteiger partial charge in [0.25, 0.3) is 0 Å². The van der Waals surface area contributed by atoms with Gasteiger partial charge in [0, 0.05) is 17.0 Å². The highest BCUT2D eigenvalue weighted by atomic mass is 16.4. The predicted molar refractivity (Wildman–Crippen MR) is 81.7 cm³/mol. The third-order valence-corrected chi connectivity index (χ3v) is 3.19. The van der Waals surface area contributed by atoms with Gasteiger partial charge >= 0.3 is 5.63 Å². The molecular weight excluding hydrogens is 266 g/mol. The van der Waals surface area contributed by atoms with Gasteiger partial charge in [0.2, 0.25) is 0 Å². The first-order valence-corrected chi connectivity index (χ1v) is 6.59. The van der Waals surface area contributed by atoms with Crippen LogP contribution < -0.4 is 10.9 Å². The lowest BCUT2D eigenvalue weighted by Crippen LogP contribution is -2.15. The van der Waals surface area contributed by atoms with E-state index in [2.05, 4.69) is 5.32 Å². The first kappa shape index (κ1) is 13.1. The summed E-state index contributed by atoms with van der Waals surface area (Å²) in [7, 11) is 0. The van der Waals surface area contributed by atoms with E-state index in [1.165, 1.54) is 6.07 Å². The Labute approximate surface area is 121 Å². The molecule has 0 aliphatic carbocycles. The highest BCUT2D eigenvalue weighted by Crippen LogP contribution is 2.20. The number of hydrogen-bond donors (Lipinski definition) is 1. The van der Waals surface area contributed by atoms with Gasteiger partial charge in [-0.05, 0) is 12.1 Å². The van der Waals surface area contributed by atoms with Crippen LogP contribution in [0.3, 0.4) is 0 Å². The Kier molecular flexibility index (Phi) is 3.51. The van der Waals surface area contributed by atoms with Gasteiger partial charge in [-0.2, -0.15) is 0 Å². The second-order valence-electron chi connectivity index (χ2n) is 4.62. The molecule has 3 aromatic rings. The number of Topliss-reactive ketones (excluding diaryl/α,β-unsaturated/α-hetero) is 1. The molecule has 2 aromatic carbocycles. The Bertz CT molecular complexity index is 837. The Morgan fingerprint density at radius 3 is 2.52 bits per heavy atom. The highest BCUT2D eigenvalue weighted by molar-refractivity contribution is 6.00. The molecule has 0 atom stereocenters. The Balaban J connectivity index is 1.86. The van der Waals surface area contributed by atoms with E-state index in [4.69, 9.17) is 4.42 Å². The first-order valence-electron chi connectivity index (χ1n) is 6.59. The van der Waals surface area contributed by atoms with E-state index in [1.807, 2.05) is 30.3 Å². The summed E-state index contributed by atoms with van der Waals surface area (Å²) in [5.41, 5.74) is 1.30. The van der Waals surface area contributed by atoms with Crippen LogP contribution in [0.25, 0.3) is 11.0 Å². The van der Waals surface area contributed by atoms with Gasteiger partial charge in [0.1, 0.15) is 5.58 Å². The fourth-order valence-electron chi connectivity index (χ4n) is 2.16. The Morgan fingerprint density at radius 1 is 1.00 bits per heavy atom. The van der Waals surface area contributed by atoms with Gasteiger partial charge in [-0.1, -0.05) is 42.5 Å². The van der Waals surface area contributed by atoms with Crippen molar-refractivity contribution in [2.75, 3.05) is 11.9 Å². The van der Waals surface area contributed by atoms with E-state index < -0.39 is 5.63 Å². The summed E-state index contributed by atoms with van der Waals surface area (Å²) in [6, 6.07) is 17.6. The molecule has 0 spiro atoms. The predicted octanol–water partition coefficient (Wildman–Crippen LogP) is 3.09. The molecule has 4 nitrogen and oxygen atoms in total. The monoisotopic (exact) mass is 279 g/mol. The van der Waals surface area contributed by atoms with Crippen molar-refractivity contribution in [1.29, 1.82) is 0 Å². The number of hydrogen-bond acceptors (Lipinski definition) is 4. The average molecular weight is 279 g/mol. The molecule has 0 radical (unpaired) electrons. The lowest BCUT2D eigenvalue weighted by atomic mass is 10.1. The molecule has 1 N–H and O–H groups in total. The average Bonchev–Trinajstić information content (AvgIpc) is 2.53. The van der Waals surface area contributed by atoms with Crippen LogP contribution in [0.15, 0.2) is 69.9 Å². The summed E-state index contributed by atoms with van der Waals surface area (Å²) in [5, 5.41) is 3.79. The van der Waals surface area contributed by atoms with Gasteiger partial charge in [-0.15, -0.1) is 0 Å². The van der Waals surface area contributed by atoms with Crippen LogP contribution in [0.1, 0.15) is 10.4 Å². The van der Waals surface area contributed by atoms with E-state index >= 15 is 0 Å². The molecule has 4 heteroatoms. The number of para-hydroxylation sites is 1. The number of carbonyl (C=O) groups excluding carboxylic acids is 1. The molecule has 0 bridgehead atoms. The van der Waals surface area contributed by atoms with E-state index in [0.29, 0.717) is 16.8 Å². The molecule has 0 unspecified atom stereocenters. The van der Waals surface area contributed by atoms with E-state index in [0.717, 1.165) is 5.39 Å². The van der Waals surface area contributed by atoms with E-state index in [-0.39, 0.29) is 12.3 Å². The number of rotatable bonds is 4. The molecular formula is C17H13NO3. The third kappa shape index (κ3) is 2.84. The molecule has 0 saturated heterocycles. The minimum Gasteiger partial charge on any atom is -0.423 e. The van der Waals surface area contributed by atoms with Crippen molar-refractivity contribution in [1.82, 2.24) is 0 Å². The SMILES string of the molecule is O=C(CNc1cc(=O)oc2ccccc12)c1ccccc1. The summed E-state index contributed by atoms with van der Waals surface area (Å²) in [6.07, 6.45) is 0. The summed E-state index contributed by atoms with van der Waals surface area (Å²) in [4.78, 5) is 23.6. The molecule has 104 valence electrons. The minimum absolute atomic E-state index is 0.0343. The number of carbonyl (C=O) groups is 1. The lowest BCUT2D eigenvalue weighted by molar-refractivity contribution is 0.101. The fraction of sp³-hybridized carbons (Fsp3) is 0.0588. The van der Waals surface area contributed by atoms with Gasteiger partial charge in [-0.3, -0.25) is 4.79 Å². The van der Waals surface area contributed by atoms with Crippen LogP contribution in [-0.4, -0.2) is 12.3 Å². The summed E-state index contributed by atoms with van der Waals surface area (Å²) in [5.74, 6) is -0.0343. The molecule has 0 aliphatic rings. The van der Waals surface area contributed by atoms with E-state index in [9.17, 15) is 9.59 Å². The normalized spacial score (nSPS) is 10.5. The number of fused-ring (bicyclic) bond motifs is 1. The van der Waals surface area contributed by atoms with Crippen LogP contribution in [0.5, 0.6) is 0 Å². The quantitative estimate of drug-likeness (QED) is 0.589. The molecule has 0 saturated carbocycles. The minimum atomic E-state index is -0.441.